The number of rotatable bonds is 7. The Bertz CT molecular complexity index is 1430. The molecule has 3 aromatic rings. The van der Waals surface area contributed by atoms with Crippen LogP contribution in [0.15, 0.2) is 78.7 Å². The Kier molecular flexibility index (Phi) is 6.65. The zero-order valence-corrected chi connectivity index (χ0v) is 21.7. The first kappa shape index (κ1) is 24.9. The number of pyridine rings is 2. The van der Waals surface area contributed by atoms with Crippen LogP contribution in [0.3, 0.4) is 0 Å². The summed E-state index contributed by atoms with van der Waals surface area (Å²) in [6.07, 6.45) is 8.65. The molecule has 4 amide bonds. The second-order valence-electron chi connectivity index (χ2n) is 9.50. The number of hydrogen-bond acceptors (Lipinski definition) is 7. The molecule has 2 unspecified atom stereocenters. The van der Waals surface area contributed by atoms with Crippen molar-refractivity contribution in [1.29, 1.82) is 0 Å². The van der Waals surface area contributed by atoms with Gasteiger partial charge in [-0.1, -0.05) is 18.3 Å². The SMILES string of the molecule is C=CC(=O)N[C@H]1CCC[C@H]1NC(=O)C1Sc2nccc3c2C1NC(=O)N3c1ccc(Oc2cccnc2)cc1. The molecule has 3 aliphatic rings. The summed E-state index contributed by atoms with van der Waals surface area (Å²) in [6, 6.07) is 11.4. The van der Waals surface area contributed by atoms with Gasteiger partial charge in [0.15, 0.2) is 0 Å². The highest BCUT2D eigenvalue weighted by molar-refractivity contribution is 8.01. The first-order valence-electron chi connectivity index (χ1n) is 12.7. The molecule has 0 radical (unpaired) electrons. The molecule has 2 aliphatic heterocycles. The molecule has 1 aliphatic carbocycles. The third kappa shape index (κ3) is 4.81. The van der Waals surface area contributed by atoms with Gasteiger partial charge in [0.05, 0.1) is 23.6 Å². The number of carbonyl (C=O) groups excluding carboxylic acids is 3. The Morgan fingerprint density at radius 2 is 1.87 bits per heavy atom. The molecular formula is C28H26N6O4S. The standard InChI is InChI=1S/C28H26N6O4S/c1-2-22(35)31-19-6-3-7-20(19)32-26(36)25-24-23-21(12-14-30-27(23)39-25)34(28(37)33-24)16-8-10-17(11-9-16)38-18-5-4-13-29-15-18/h2,4-5,8-15,19-20,24-25H,1,3,6-7H2,(H,31,35)(H,32,36)(H,33,37)/t19-,20+,24?,25?/m0/s1. The topological polar surface area (TPSA) is 126 Å². The van der Waals surface area contributed by atoms with Crippen molar-refractivity contribution in [3.8, 4) is 11.5 Å². The van der Waals surface area contributed by atoms with Crippen molar-refractivity contribution in [3.63, 3.8) is 0 Å². The van der Waals surface area contributed by atoms with Crippen molar-refractivity contribution >= 4 is 41.0 Å². The molecule has 1 saturated carbocycles. The summed E-state index contributed by atoms with van der Waals surface area (Å²) in [5.41, 5.74) is 2.16. The lowest BCUT2D eigenvalue weighted by Gasteiger charge is -2.34. The van der Waals surface area contributed by atoms with Crippen molar-refractivity contribution in [3.05, 3.63) is 79.3 Å². The van der Waals surface area contributed by atoms with E-state index in [4.69, 9.17) is 4.74 Å². The van der Waals surface area contributed by atoms with Crippen LogP contribution in [0.4, 0.5) is 16.2 Å². The Morgan fingerprint density at radius 3 is 2.62 bits per heavy atom. The van der Waals surface area contributed by atoms with Gasteiger partial charge in [-0.25, -0.2) is 9.78 Å². The van der Waals surface area contributed by atoms with E-state index < -0.39 is 11.3 Å². The third-order valence-corrected chi connectivity index (χ3v) is 8.37. The summed E-state index contributed by atoms with van der Waals surface area (Å²) < 4.78 is 5.83. The molecule has 2 aromatic heterocycles. The fourth-order valence-corrected chi connectivity index (χ4v) is 6.54. The number of urea groups is 1. The van der Waals surface area contributed by atoms with E-state index in [-0.39, 0.29) is 29.9 Å². The molecule has 11 heteroatoms. The molecular weight excluding hydrogens is 516 g/mol. The maximum absolute atomic E-state index is 13.4. The van der Waals surface area contributed by atoms with Crippen LogP contribution in [0.25, 0.3) is 0 Å². The molecule has 0 bridgehead atoms. The van der Waals surface area contributed by atoms with Gasteiger partial charge in [-0.15, -0.1) is 0 Å². The van der Waals surface area contributed by atoms with Gasteiger partial charge in [0.2, 0.25) is 11.8 Å². The Labute approximate surface area is 229 Å². The quantitative estimate of drug-likeness (QED) is 0.386. The Hall–Kier alpha value is -4.38. The number of thioether (sulfide) groups is 1. The van der Waals surface area contributed by atoms with Crippen LogP contribution in [0.5, 0.6) is 11.5 Å². The molecule has 0 spiro atoms. The number of aromatic nitrogens is 2. The lowest BCUT2D eigenvalue weighted by molar-refractivity contribution is -0.122. The van der Waals surface area contributed by atoms with Gasteiger partial charge in [0.25, 0.3) is 0 Å². The molecule has 6 rings (SSSR count). The van der Waals surface area contributed by atoms with Crippen LogP contribution in [-0.4, -0.2) is 45.1 Å². The number of benzene rings is 1. The van der Waals surface area contributed by atoms with Crippen LogP contribution >= 0.6 is 11.8 Å². The van der Waals surface area contributed by atoms with Gasteiger partial charge in [0, 0.05) is 30.0 Å². The Morgan fingerprint density at radius 1 is 1.08 bits per heavy atom. The number of anilines is 2. The summed E-state index contributed by atoms with van der Waals surface area (Å²) in [5.74, 6) is 0.784. The molecule has 39 heavy (non-hydrogen) atoms. The maximum atomic E-state index is 13.4. The van der Waals surface area contributed by atoms with Gasteiger partial charge in [-0.2, -0.15) is 0 Å². The number of carbonyl (C=O) groups is 3. The van der Waals surface area contributed by atoms with Crippen LogP contribution in [-0.2, 0) is 9.59 Å². The predicted octanol–water partition coefficient (Wildman–Crippen LogP) is 3.99. The van der Waals surface area contributed by atoms with E-state index in [2.05, 4.69) is 32.5 Å². The van der Waals surface area contributed by atoms with E-state index in [0.717, 1.165) is 24.8 Å². The first-order chi connectivity index (χ1) is 19.0. The second-order valence-corrected chi connectivity index (χ2v) is 10.6. The van der Waals surface area contributed by atoms with Gasteiger partial charge >= 0.3 is 6.03 Å². The van der Waals surface area contributed by atoms with Crippen molar-refractivity contribution in [2.24, 2.45) is 0 Å². The van der Waals surface area contributed by atoms with E-state index in [1.54, 1.807) is 47.8 Å². The van der Waals surface area contributed by atoms with Crippen molar-refractivity contribution < 1.29 is 19.1 Å². The highest BCUT2D eigenvalue weighted by Gasteiger charge is 2.47. The number of hydrogen-bond donors (Lipinski definition) is 3. The zero-order chi connectivity index (χ0) is 26.9. The zero-order valence-electron chi connectivity index (χ0n) is 20.9. The summed E-state index contributed by atoms with van der Waals surface area (Å²) in [4.78, 5) is 48.8. The normalized spacial score (nSPS) is 23.0. The molecule has 4 heterocycles. The minimum atomic E-state index is -0.577. The number of ether oxygens (including phenoxy) is 1. The van der Waals surface area contributed by atoms with E-state index in [1.807, 2.05) is 18.2 Å². The maximum Gasteiger partial charge on any atom is 0.327 e. The van der Waals surface area contributed by atoms with Crippen molar-refractivity contribution in [2.45, 2.75) is 47.7 Å². The van der Waals surface area contributed by atoms with Gasteiger partial charge in [-0.05, 0) is 67.8 Å². The highest BCUT2D eigenvalue weighted by atomic mass is 32.2. The summed E-state index contributed by atoms with van der Waals surface area (Å²) in [6.45, 7) is 3.50. The molecule has 0 saturated heterocycles. The molecule has 1 aromatic carbocycles. The highest BCUT2D eigenvalue weighted by Crippen LogP contribution is 2.50. The van der Waals surface area contributed by atoms with Crippen LogP contribution in [0, 0.1) is 0 Å². The predicted molar refractivity (Wildman–Crippen MR) is 146 cm³/mol. The van der Waals surface area contributed by atoms with Crippen molar-refractivity contribution in [1.82, 2.24) is 25.9 Å². The molecule has 3 N–H and O–H groups in total. The second kappa shape index (κ2) is 10.4. The van der Waals surface area contributed by atoms with Crippen LogP contribution in [0.1, 0.15) is 30.9 Å². The minimum Gasteiger partial charge on any atom is -0.456 e. The molecule has 10 nitrogen and oxygen atoms in total. The molecule has 4 atom stereocenters. The van der Waals surface area contributed by atoms with E-state index in [9.17, 15) is 14.4 Å². The van der Waals surface area contributed by atoms with Gasteiger partial charge in [0.1, 0.15) is 21.8 Å². The largest absolute Gasteiger partial charge is 0.456 e. The fraction of sp³-hybridized carbons (Fsp3) is 0.250. The lowest BCUT2D eigenvalue weighted by atomic mass is 9.99. The fourth-order valence-electron chi connectivity index (χ4n) is 5.30. The van der Waals surface area contributed by atoms with E-state index >= 15 is 0 Å². The van der Waals surface area contributed by atoms with Crippen molar-refractivity contribution in [2.75, 3.05) is 4.90 Å². The number of amides is 4. The third-order valence-electron chi connectivity index (χ3n) is 7.09. The van der Waals surface area contributed by atoms with Crippen LogP contribution < -0.4 is 25.6 Å². The smallest absolute Gasteiger partial charge is 0.327 e. The molecule has 198 valence electrons. The number of nitrogens with one attached hydrogen (secondary N) is 3. The first-order valence-corrected chi connectivity index (χ1v) is 13.6. The Balaban J connectivity index is 1.21. The average Bonchev–Trinajstić information content (AvgIpc) is 3.54. The van der Waals surface area contributed by atoms with Crippen LogP contribution in [0.2, 0.25) is 0 Å². The number of nitrogens with zero attached hydrogens (tertiary/aromatic N) is 3. The summed E-state index contributed by atoms with van der Waals surface area (Å²) in [7, 11) is 0. The summed E-state index contributed by atoms with van der Waals surface area (Å²) >= 11 is 1.34. The van der Waals surface area contributed by atoms with E-state index in [0.29, 0.717) is 27.9 Å². The van der Waals surface area contributed by atoms with Gasteiger partial charge in [-0.3, -0.25) is 19.5 Å². The lowest BCUT2D eigenvalue weighted by Crippen LogP contribution is -2.53. The average molecular weight is 543 g/mol. The monoisotopic (exact) mass is 542 g/mol. The van der Waals surface area contributed by atoms with E-state index in [1.165, 1.54) is 17.8 Å². The summed E-state index contributed by atoms with van der Waals surface area (Å²) in [5, 5.41) is 9.17. The molecule has 1 fully saturated rings. The minimum absolute atomic E-state index is 0.150. The van der Waals surface area contributed by atoms with Gasteiger partial charge < -0.3 is 20.7 Å².